The predicted octanol–water partition coefficient (Wildman–Crippen LogP) is 0.521. The fourth-order valence-electron chi connectivity index (χ4n) is 1.20. The first kappa shape index (κ1) is 12.1. The van der Waals surface area contributed by atoms with E-state index in [1.54, 1.807) is 0 Å². The van der Waals surface area contributed by atoms with Gasteiger partial charge in [-0.2, -0.15) is 20.2 Å². The van der Waals surface area contributed by atoms with Crippen molar-refractivity contribution in [1.82, 2.24) is 30.4 Å². The Balaban J connectivity index is 2.29. The second kappa shape index (κ2) is 5.80. The third kappa shape index (κ3) is 2.84. The van der Waals surface area contributed by atoms with E-state index in [0.29, 0.717) is 24.6 Å². The minimum Gasteiger partial charge on any atom is -0.463 e. The lowest BCUT2D eigenvalue weighted by molar-refractivity contribution is 0.306. The summed E-state index contributed by atoms with van der Waals surface area (Å²) in [6, 6.07) is 0.401. The van der Waals surface area contributed by atoms with Crippen LogP contribution in [0, 0.1) is 0 Å². The van der Waals surface area contributed by atoms with E-state index in [1.807, 2.05) is 13.8 Å². The van der Waals surface area contributed by atoms with Gasteiger partial charge in [-0.25, -0.2) is 0 Å². The number of hydrogen-bond donors (Lipinski definition) is 0. The normalized spacial score (nSPS) is 10.1. The molecule has 0 aliphatic heterocycles. The van der Waals surface area contributed by atoms with Crippen molar-refractivity contribution in [2.75, 3.05) is 13.2 Å². The second-order valence-electron chi connectivity index (χ2n) is 3.11. The molecule has 2 aromatic heterocycles. The fraction of sp³-hybridized carbons (Fsp3) is 0.400. The molecule has 0 saturated heterocycles. The largest absolute Gasteiger partial charge is 0.463 e. The molecule has 18 heavy (non-hydrogen) atoms. The Morgan fingerprint density at radius 3 is 1.67 bits per heavy atom. The second-order valence-corrected chi connectivity index (χ2v) is 3.11. The standard InChI is InChI=1S/C10H12N6O2/c1-3-17-9-13-7(5-11-15-9)8-6-12-16-10(14-8)18-4-2/h5-6H,3-4H2,1-2H3. The highest BCUT2D eigenvalue weighted by atomic mass is 16.5. The van der Waals surface area contributed by atoms with Gasteiger partial charge in [0.05, 0.1) is 25.6 Å². The molecule has 0 aliphatic carbocycles. The topological polar surface area (TPSA) is 95.8 Å². The van der Waals surface area contributed by atoms with Gasteiger partial charge in [-0.1, -0.05) is 10.2 Å². The van der Waals surface area contributed by atoms with Crippen LogP contribution in [0.2, 0.25) is 0 Å². The molecule has 0 bridgehead atoms. The van der Waals surface area contributed by atoms with Gasteiger partial charge in [0, 0.05) is 0 Å². The zero-order chi connectivity index (χ0) is 12.8. The van der Waals surface area contributed by atoms with Crippen LogP contribution in [0.15, 0.2) is 12.4 Å². The van der Waals surface area contributed by atoms with Crippen molar-refractivity contribution >= 4 is 0 Å². The van der Waals surface area contributed by atoms with Crippen molar-refractivity contribution in [2.45, 2.75) is 13.8 Å². The van der Waals surface area contributed by atoms with Gasteiger partial charge in [0.15, 0.2) is 0 Å². The molecular weight excluding hydrogens is 236 g/mol. The van der Waals surface area contributed by atoms with E-state index in [4.69, 9.17) is 9.47 Å². The molecule has 0 spiro atoms. The van der Waals surface area contributed by atoms with E-state index < -0.39 is 0 Å². The molecule has 0 unspecified atom stereocenters. The lowest BCUT2D eigenvalue weighted by Crippen LogP contribution is -2.03. The smallest absolute Gasteiger partial charge is 0.336 e. The molecule has 0 aliphatic rings. The molecule has 0 atom stereocenters. The highest BCUT2D eigenvalue weighted by Gasteiger charge is 2.08. The summed E-state index contributed by atoms with van der Waals surface area (Å²) in [7, 11) is 0. The molecular formula is C10H12N6O2. The van der Waals surface area contributed by atoms with E-state index in [2.05, 4.69) is 30.4 Å². The van der Waals surface area contributed by atoms with Crippen LogP contribution < -0.4 is 9.47 Å². The quantitative estimate of drug-likeness (QED) is 0.755. The fourth-order valence-corrected chi connectivity index (χ4v) is 1.20. The first-order chi connectivity index (χ1) is 8.83. The van der Waals surface area contributed by atoms with Crippen LogP contribution in [0.5, 0.6) is 12.0 Å². The number of nitrogens with zero attached hydrogens (tertiary/aromatic N) is 6. The molecule has 0 radical (unpaired) electrons. The van der Waals surface area contributed by atoms with Gasteiger partial charge in [0.25, 0.3) is 0 Å². The summed E-state index contributed by atoms with van der Waals surface area (Å²) in [4.78, 5) is 8.30. The maximum Gasteiger partial charge on any atom is 0.336 e. The summed E-state index contributed by atoms with van der Waals surface area (Å²) in [6.07, 6.45) is 2.95. The Kier molecular flexibility index (Phi) is 3.90. The summed E-state index contributed by atoms with van der Waals surface area (Å²) in [5.74, 6) is 0. The Labute approximate surface area is 103 Å². The average molecular weight is 248 g/mol. The van der Waals surface area contributed by atoms with Crippen LogP contribution in [0.3, 0.4) is 0 Å². The van der Waals surface area contributed by atoms with Crippen LogP contribution in [0.1, 0.15) is 13.8 Å². The first-order valence-corrected chi connectivity index (χ1v) is 5.49. The van der Waals surface area contributed by atoms with Crippen molar-refractivity contribution in [2.24, 2.45) is 0 Å². The van der Waals surface area contributed by atoms with Crippen LogP contribution in [-0.4, -0.2) is 43.6 Å². The molecule has 0 saturated carbocycles. The molecule has 0 aromatic carbocycles. The lowest BCUT2D eigenvalue weighted by atomic mass is 10.3. The zero-order valence-electron chi connectivity index (χ0n) is 10.1. The maximum atomic E-state index is 5.17. The molecule has 8 nitrogen and oxygen atoms in total. The molecule has 2 rings (SSSR count). The van der Waals surface area contributed by atoms with Crippen molar-refractivity contribution < 1.29 is 9.47 Å². The number of aromatic nitrogens is 6. The molecule has 0 amide bonds. The molecule has 2 aromatic rings. The Morgan fingerprint density at radius 1 is 0.833 bits per heavy atom. The summed E-state index contributed by atoms with van der Waals surface area (Å²) in [5.41, 5.74) is 1.01. The van der Waals surface area contributed by atoms with Gasteiger partial charge in [-0.05, 0) is 13.8 Å². The highest BCUT2D eigenvalue weighted by molar-refractivity contribution is 5.51. The van der Waals surface area contributed by atoms with Crippen molar-refractivity contribution in [3.05, 3.63) is 12.4 Å². The molecule has 8 heteroatoms. The Bertz CT molecular complexity index is 474. The summed E-state index contributed by atoms with van der Waals surface area (Å²) in [6.45, 7) is 4.62. The van der Waals surface area contributed by atoms with Crippen LogP contribution in [0.25, 0.3) is 11.4 Å². The molecule has 2 heterocycles. The van der Waals surface area contributed by atoms with Crippen LogP contribution in [0.4, 0.5) is 0 Å². The molecule has 94 valence electrons. The van der Waals surface area contributed by atoms with Gasteiger partial charge in [-0.3, -0.25) is 0 Å². The van der Waals surface area contributed by atoms with Gasteiger partial charge in [-0.15, -0.1) is 0 Å². The third-order valence-corrected chi connectivity index (χ3v) is 1.89. The van der Waals surface area contributed by atoms with E-state index in [1.165, 1.54) is 12.4 Å². The lowest BCUT2D eigenvalue weighted by Gasteiger charge is -2.03. The van der Waals surface area contributed by atoms with Crippen LogP contribution in [-0.2, 0) is 0 Å². The van der Waals surface area contributed by atoms with E-state index >= 15 is 0 Å². The molecule has 0 N–H and O–H groups in total. The van der Waals surface area contributed by atoms with Gasteiger partial charge in [0.2, 0.25) is 0 Å². The van der Waals surface area contributed by atoms with Gasteiger partial charge in [0.1, 0.15) is 11.4 Å². The van der Waals surface area contributed by atoms with Crippen molar-refractivity contribution in [3.63, 3.8) is 0 Å². The number of hydrogen-bond acceptors (Lipinski definition) is 8. The van der Waals surface area contributed by atoms with E-state index in [-0.39, 0.29) is 12.0 Å². The average Bonchev–Trinajstić information content (AvgIpc) is 2.40. The number of rotatable bonds is 5. The van der Waals surface area contributed by atoms with Gasteiger partial charge < -0.3 is 9.47 Å². The van der Waals surface area contributed by atoms with Crippen molar-refractivity contribution in [1.29, 1.82) is 0 Å². The summed E-state index contributed by atoms with van der Waals surface area (Å²) >= 11 is 0. The van der Waals surface area contributed by atoms with Crippen molar-refractivity contribution in [3.8, 4) is 23.4 Å². The minimum atomic E-state index is 0.201. The third-order valence-electron chi connectivity index (χ3n) is 1.89. The summed E-state index contributed by atoms with van der Waals surface area (Å²) in [5, 5.41) is 15.0. The van der Waals surface area contributed by atoms with Crippen LogP contribution >= 0.6 is 0 Å². The monoisotopic (exact) mass is 248 g/mol. The maximum absolute atomic E-state index is 5.17. The predicted molar refractivity (Wildman–Crippen MR) is 61.0 cm³/mol. The SMILES string of the molecule is CCOc1nncc(-c2cnnc(OCC)n2)n1. The highest BCUT2D eigenvalue weighted by Crippen LogP contribution is 2.15. The molecule has 0 fully saturated rings. The van der Waals surface area contributed by atoms with E-state index in [9.17, 15) is 0 Å². The zero-order valence-corrected chi connectivity index (χ0v) is 10.1. The first-order valence-electron chi connectivity index (χ1n) is 5.49. The number of ether oxygens (including phenoxy) is 2. The minimum absolute atomic E-state index is 0.201. The van der Waals surface area contributed by atoms with E-state index in [0.717, 1.165) is 0 Å². The Hall–Kier alpha value is -2.38. The Morgan fingerprint density at radius 2 is 1.28 bits per heavy atom. The van der Waals surface area contributed by atoms with Gasteiger partial charge >= 0.3 is 12.0 Å². The summed E-state index contributed by atoms with van der Waals surface area (Å²) < 4.78 is 10.3.